The first-order valence-corrected chi connectivity index (χ1v) is 12.1. The van der Waals surface area contributed by atoms with Gasteiger partial charge in [-0.3, -0.25) is 14.5 Å². The molecule has 0 radical (unpaired) electrons. The number of Topliss-reactive ketones (excluding diaryl/α,β-unsaturated/α-hetero) is 1. The van der Waals surface area contributed by atoms with Gasteiger partial charge < -0.3 is 14.8 Å². The first-order valence-electron chi connectivity index (χ1n) is 12.1. The second-order valence-electron chi connectivity index (χ2n) is 10.0. The number of hydrogen-bond acceptors (Lipinski definition) is 5. The van der Waals surface area contributed by atoms with E-state index in [-0.39, 0.29) is 17.1 Å². The Morgan fingerprint density at radius 2 is 1.67 bits per heavy atom. The van der Waals surface area contributed by atoms with Crippen molar-refractivity contribution in [1.29, 1.82) is 0 Å². The first kappa shape index (κ1) is 23.7. The number of anilines is 2. The van der Waals surface area contributed by atoms with E-state index in [1.54, 1.807) is 31.3 Å². The maximum absolute atomic E-state index is 14.3. The van der Waals surface area contributed by atoms with E-state index >= 15 is 0 Å². The molecule has 1 aliphatic heterocycles. The molecule has 0 bridgehead atoms. The molecule has 1 atom stereocenters. The first-order chi connectivity index (χ1) is 17.3. The number of carbonyl (C=O) groups excluding carboxylic acids is 2. The van der Waals surface area contributed by atoms with Crippen LogP contribution in [0.5, 0.6) is 11.5 Å². The summed E-state index contributed by atoms with van der Waals surface area (Å²) in [6, 6.07) is 21.6. The van der Waals surface area contributed by atoms with Crippen molar-refractivity contribution in [3.05, 3.63) is 95.2 Å². The van der Waals surface area contributed by atoms with Crippen molar-refractivity contribution in [3.63, 3.8) is 0 Å². The standard InChI is InChI=1S/C30H30N2O4/c1-30(2)17-23-27(25(33)18-30)28(21-16-20(35-3)14-15-26(21)36-4)32(24-13-9-8-12-22(24)31-23)29(34)19-10-6-5-7-11-19/h5-16,28,31H,17-18H2,1-4H3/t28-/m1/s1. The van der Waals surface area contributed by atoms with Gasteiger partial charge in [-0.2, -0.15) is 0 Å². The summed E-state index contributed by atoms with van der Waals surface area (Å²) in [5, 5.41) is 3.54. The second kappa shape index (κ2) is 9.19. The molecule has 0 spiro atoms. The number of allylic oxidation sites excluding steroid dienone is 1. The van der Waals surface area contributed by atoms with E-state index in [2.05, 4.69) is 19.2 Å². The molecule has 1 aliphatic carbocycles. The van der Waals surface area contributed by atoms with Crippen molar-refractivity contribution < 1.29 is 19.1 Å². The van der Waals surface area contributed by atoms with E-state index in [1.165, 1.54) is 0 Å². The molecule has 1 N–H and O–H groups in total. The number of ether oxygens (including phenoxy) is 2. The number of carbonyl (C=O) groups is 2. The molecule has 0 fully saturated rings. The van der Waals surface area contributed by atoms with E-state index in [1.807, 2.05) is 60.7 Å². The van der Waals surface area contributed by atoms with Gasteiger partial charge in [-0.25, -0.2) is 0 Å². The third kappa shape index (κ3) is 4.13. The normalized spacial score (nSPS) is 18.5. The van der Waals surface area contributed by atoms with E-state index in [4.69, 9.17) is 9.47 Å². The monoisotopic (exact) mass is 482 g/mol. The van der Waals surface area contributed by atoms with Crippen LogP contribution in [-0.2, 0) is 4.79 Å². The Labute approximate surface area is 211 Å². The van der Waals surface area contributed by atoms with Gasteiger partial charge in [0.1, 0.15) is 11.5 Å². The molecule has 5 rings (SSSR count). The maximum Gasteiger partial charge on any atom is 0.259 e. The molecule has 0 saturated heterocycles. The third-order valence-electron chi connectivity index (χ3n) is 6.87. The number of methoxy groups -OCH3 is 2. The highest BCUT2D eigenvalue weighted by Gasteiger charge is 2.44. The Hall–Kier alpha value is -4.06. The number of para-hydroxylation sites is 2. The summed E-state index contributed by atoms with van der Waals surface area (Å²) in [5.74, 6) is 1.01. The number of hydrogen-bond donors (Lipinski definition) is 1. The van der Waals surface area contributed by atoms with Crippen molar-refractivity contribution >= 4 is 23.1 Å². The van der Waals surface area contributed by atoms with Crippen LogP contribution < -0.4 is 19.7 Å². The number of benzene rings is 3. The van der Waals surface area contributed by atoms with Crippen LogP contribution in [0.3, 0.4) is 0 Å². The minimum atomic E-state index is -0.711. The number of fused-ring (bicyclic) bond motifs is 1. The maximum atomic E-state index is 14.3. The Kier molecular flexibility index (Phi) is 6.04. The van der Waals surface area contributed by atoms with E-state index in [0.717, 1.165) is 11.4 Å². The Bertz CT molecular complexity index is 1360. The fourth-order valence-corrected chi connectivity index (χ4v) is 5.28. The van der Waals surface area contributed by atoms with Crippen LogP contribution in [0.1, 0.15) is 48.7 Å². The highest BCUT2D eigenvalue weighted by atomic mass is 16.5. The summed E-state index contributed by atoms with van der Waals surface area (Å²) in [6.07, 6.45) is 1.07. The molecular weight excluding hydrogens is 452 g/mol. The lowest BCUT2D eigenvalue weighted by Gasteiger charge is -2.37. The van der Waals surface area contributed by atoms with Gasteiger partial charge in [-0.1, -0.05) is 44.2 Å². The van der Waals surface area contributed by atoms with E-state index in [0.29, 0.717) is 46.7 Å². The van der Waals surface area contributed by atoms with E-state index in [9.17, 15) is 9.59 Å². The zero-order valence-corrected chi connectivity index (χ0v) is 21.0. The highest BCUT2D eigenvalue weighted by molar-refractivity contribution is 6.12. The summed E-state index contributed by atoms with van der Waals surface area (Å²) in [4.78, 5) is 29.9. The summed E-state index contributed by atoms with van der Waals surface area (Å²) >= 11 is 0. The number of nitrogens with zero attached hydrogens (tertiary/aromatic N) is 1. The van der Waals surface area contributed by atoms with Crippen molar-refractivity contribution in [2.45, 2.75) is 32.7 Å². The van der Waals surface area contributed by atoms with Crippen molar-refractivity contribution in [3.8, 4) is 11.5 Å². The van der Waals surface area contributed by atoms with Gasteiger partial charge in [0.15, 0.2) is 5.78 Å². The molecule has 6 nitrogen and oxygen atoms in total. The van der Waals surface area contributed by atoms with Crippen LogP contribution in [0, 0.1) is 5.41 Å². The van der Waals surface area contributed by atoms with Gasteiger partial charge in [0.25, 0.3) is 5.91 Å². The molecule has 184 valence electrons. The van der Waals surface area contributed by atoms with Crippen LogP contribution in [0.25, 0.3) is 0 Å². The molecule has 2 aliphatic rings. The predicted molar refractivity (Wildman–Crippen MR) is 141 cm³/mol. The van der Waals surface area contributed by atoms with Crippen LogP contribution >= 0.6 is 0 Å². The zero-order chi connectivity index (χ0) is 25.4. The van der Waals surface area contributed by atoms with Gasteiger partial charge in [0, 0.05) is 28.8 Å². The fraction of sp³-hybridized carbons (Fsp3) is 0.267. The van der Waals surface area contributed by atoms with Gasteiger partial charge in [-0.05, 0) is 54.3 Å². The van der Waals surface area contributed by atoms with Crippen LogP contribution in [0.4, 0.5) is 11.4 Å². The molecule has 0 saturated carbocycles. The number of ketones is 1. The molecule has 6 heteroatoms. The lowest BCUT2D eigenvalue weighted by Crippen LogP contribution is -2.39. The predicted octanol–water partition coefficient (Wildman–Crippen LogP) is 6.16. The SMILES string of the molecule is COc1ccc(OC)c([C@@H]2C3=C(CC(C)(C)CC3=O)Nc3ccccc3N2C(=O)c2ccccc2)c1. The van der Waals surface area contributed by atoms with Crippen molar-refractivity contribution in [2.24, 2.45) is 5.41 Å². The Balaban J connectivity index is 1.84. The van der Waals surface area contributed by atoms with Crippen molar-refractivity contribution in [1.82, 2.24) is 0 Å². The third-order valence-corrected chi connectivity index (χ3v) is 6.87. The molecule has 36 heavy (non-hydrogen) atoms. The number of nitrogens with one attached hydrogen (secondary N) is 1. The molecular formula is C30H30N2O4. The zero-order valence-electron chi connectivity index (χ0n) is 21.0. The summed E-state index contributed by atoms with van der Waals surface area (Å²) in [5.41, 5.74) is 3.92. The topological polar surface area (TPSA) is 67.9 Å². The summed E-state index contributed by atoms with van der Waals surface area (Å²) < 4.78 is 11.3. The average Bonchev–Trinajstić information content (AvgIpc) is 3.02. The van der Waals surface area contributed by atoms with Crippen molar-refractivity contribution in [2.75, 3.05) is 24.4 Å². The van der Waals surface area contributed by atoms with Gasteiger partial charge in [0.2, 0.25) is 0 Å². The molecule has 3 aromatic rings. The Morgan fingerprint density at radius 1 is 0.944 bits per heavy atom. The summed E-state index contributed by atoms with van der Waals surface area (Å²) in [7, 11) is 3.19. The van der Waals surface area contributed by atoms with E-state index < -0.39 is 6.04 Å². The quantitative estimate of drug-likeness (QED) is 0.482. The lowest BCUT2D eigenvalue weighted by molar-refractivity contribution is -0.118. The van der Waals surface area contributed by atoms with Crippen LogP contribution in [0.2, 0.25) is 0 Å². The van der Waals surface area contributed by atoms with Crippen LogP contribution in [-0.4, -0.2) is 25.9 Å². The Morgan fingerprint density at radius 3 is 2.39 bits per heavy atom. The van der Waals surface area contributed by atoms with Gasteiger partial charge in [-0.15, -0.1) is 0 Å². The number of rotatable bonds is 4. The number of amides is 1. The lowest BCUT2D eigenvalue weighted by atomic mass is 9.73. The molecule has 1 amide bonds. The fourth-order valence-electron chi connectivity index (χ4n) is 5.28. The minimum Gasteiger partial charge on any atom is -0.497 e. The highest BCUT2D eigenvalue weighted by Crippen LogP contribution is 2.50. The average molecular weight is 483 g/mol. The molecule has 1 heterocycles. The molecule has 0 aromatic heterocycles. The smallest absolute Gasteiger partial charge is 0.259 e. The van der Waals surface area contributed by atoms with Gasteiger partial charge >= 0.3 is 0 Å². The minimum absolute atomic E-state index is 0.0160. The molecule has 3 aromatic carbocycles. The summed E-state index contributed by atoms with van der Waals surface area (Å²) in [6.45, 7) is 4.20. The second-order valence-corrected chi connectivity index (χ2v) is 10.0. The largest absolute Gasteiger partial charge is 0.497 e. The van der Waals surface area contributed by atoms with Crippen LogP contribution in [0.15, 0.2) is 84.1 Å². The van der Waals surface area contributed by atoms with Gasteiger partial charge in [0.05, 0.1) is 31.6 Å². The molecule has 0 unspecified atom stereocenters.